The first-order valence-electron chi connectivity index (χ1n) is 7.83. The molecular weight excluding hydrogens is 350 g/mol. The Bertz CT molecular complexity index is 1010. The summed E-state index contributed by atoms with van der Waals surface area (Å²) >= 11 is 3.07. The van der Waals surface area contributed by atoms with Gasteiger partial charge in [-0.1, -0.05) is 18.2 Å². The fourth-order valence-corrected chi connectivity index (χ4v) is 4.14. The third-order valence-corrected chi connectivity index (χ3v) is 5.94. The average molecular weight is 365 g/mol. The minimum absolute atomic E-state index is 0.0845. The maximum absolute atomic E-state index is 12.3. The molecule has 0 spiro atoms. The molecule has 1 aromatic carbocycles. The van der Waals surface area contributed by atoms with Crippen LogP contribution in [0.4, 0.5) is 0 Å². The maximum atomic E-state index is 12.3. The number of nitrogens with one attached hydrogen (secondary N) is 1. The van der Waals surface area contributed by atoms with Gasteiger partial charge in [0.15, 0.2) is 5.17 Å². The molecule has 1 amide bonds. The molecule has 6 heteroatoms. The van der Waals surface area contributed by atoms with E-state index in [1.165, 1.54) is 16.6 Å². The van der Waals surface area contributed by atoms with Gasteiger partial charge in [0.1, 0.15) is 0 Å². The summed E-state index contributed by atoms with van der Waals surface area (Å²) in [5.41, 5.74) is 2.93. The lowest BCUT2D eigenvalue weighted by molar-refractivity contribution is -0.115. The smallest absolute Gasteiger partial charge is 0.264 e. The standard InChI is InChI=1S/C19H15N3OS2/c1-12(13-6-7-16-14(10-13)4-2-8-20-16)17-18(23)22-19(25-17)21-11-15-5-3-9-24-15/h2-10H,11H2,1H3,(H,21,22,23). The predicted molar refractivity (Wildman–Crippen MR) is 106 cm³/mol. The Kier molecular flexibility index (Phi) is 4.38. The van der Waals surface area contributed by atoms with Crippen molar-refractivity contribution in [3.8, 4) is 0 Å². The Morgan fingerprint density at radius 2 is 2.16 bits per heavy atom. The van der Waals surface area contributed by atoms with Gasteiger partial charge in [0.2, 0.25) is 0 Å². The molecule has 0 radical (unpaired) electrons. The molecule has 0 atom stereocenters. The number of carbonyl (C=O) groups excluding carboxylic acids is 1. The highest BCUT2D eigenvalue weighted by Gasteiger charge is 2.26. The quantitative estimate of drug-likeness (QED) is 0.698. The number of hydrogen-bond donors (Lipinski definition) is 1. The molecule has 4 rings (SSSR count). The van der Waals surface area contributed by atoms with Crippen LogP contribution in [-0.4, -0.2) is 16.1 Å². The number of thioether (sulfide) groups is 1. The molecule has 3 aromatic rings. The number of aromatic nitrogens is 1. The largest absolute Gasteiger partial charge is 0.301 e. The van der Waals surface area contributed by atoms with Gasteiger partial charge in [-0.2, -0.15) is 0 Å². The van der Waals surface area contributed by atoms with Crippen molar-refractivity contribution in [3.05, 3.63) is 69.4 Å². The minimum Gasteiger partial charge on any atom is -0.301 e. The maximum Gasteiger partial charge on any atom is 0.264 e. The van der Waals surface area contributed by atoms with E-state index in [1.807, 2.05) is 48.7 Å². The summed E-state index contributed by atoms with van der Waals surface area (Å²) in [6, 6.07) is 14.1. The average Bonchev–Trinajstić information content (AvgIpc) is 3.28. The first-order valence-corrected chi connectivity index (χ1v) is 9.52. The molecule has 0 unspecified atom stereocenters. The Morgan fingerprint density at radius 1 is 1.24 bits per heavy atom. The molecule has 3 heterocycles. The molecule has 1 fully saturated rings. The monoisotopic (exact) mass is 365 g/mol. The first-order chi connectivity index (χ1) is 12.2. The van der Waals surface area contributed by atoms with Crippen LogP contribution in [0.1, 0.15) is 17.4 Å². The molecule has 25 heavy (non-hydrogen) atoms. The number of rotatable bonds is 3. The fraction of sp³-hybridized carbons (Fsp3) is 0.105. The van der Waals surface area contributed by atoms with Gasteiger partial charge in [-0.05, 0) is 59.5 Å². The number of allylic oxidation sites excluding steroid dienone is 1. The van der Waals surface area contributed by atoms with Crippen LogP contribution in [0, 0.1) is 0 Å². The third-order valence-electron chi connectivity index (χ3n) is 3.96. The summed E-state index contributed by atoms with van der Waals surface area (Å²) in [7, 11) is 0. The van der Waals surface area contributed by atoms with Crippen molar-refractivity contribution in [1.82, 2.24) is 10.3 Å². The van der Waals surface area contributed by atoms with E-state index in [-0.39, 0.29) is 5.91 Å². The highest BCUT2D eigenvalue weighted by Crippen LogP contribution is 2.32. The number of carbonyl (C=O) groups is 1. The van der Waals surface area contributed by atoms with E-state index in [1.54, 1.807) is 17.5 Å². The van der Waals surface area contributed by atoms with E-state index in [4.69, 9.17) is 0 Å². The lowest BCUT2D eigenvalue weighted by atomic mass is 10.0. The van der Waals surface area contributed by atoms with Gasteiger partial charge >= 0.3 is 0 Å². The van der Waals surface area contributed by atoms with Gasteiger partial charge in [0.25, 0.3) is 5.91 Å². The molecule has 1 aliphatic heterocycles. The molecule has 4 nitrogen and oxygen atoms in total. The van der Waals surface area contributed by atoms with Crippen LogP contribution in [0.25, 0.3) is 16.5 Å². The lowest BCUT2D eigenvalue weighted by Gasteiger charge is -2.05. The topological polar surface area (TPSA) is 54.4 Å². The molecular formula is C19H15N3OS2. The van der Waals surface area contributed by atoms with Gasteiger partial charge in [-0.3, -0.25) is 14.8 Å². The van der Waals surface area contributed by atoms with Crippen molar-refractivity contribution < 1.29 is 4.79 Å². The molecule has 0 aliphatic carbocycles. The molecule has 1 aliphatic rings. The SMILES string of the molecule is CC(=C1SC(=NCc2cccs2)NC1=O)c1ccc2ncccc2c1. The Balaban J connectivity index is 1.62. The second-order valence-electron chi connectivity index (χ2n) is 5.62. The van der Waals surface area contributed by atoms with Gasteiger partial charge < -0.3 is 5.32 Å². The van der Waals surface area contributed by atoms with E-state index >= 15 is 0 Å². The molecule has 1 saturated heterocycles. The van der Waals surface area contributed by atoms with Crippen LogP contribution < -0.4 is 5.32 Å². The Hall–Kier alpha value is -2.44. The summed E-state index contributed by atoms with van der Waals surface area (Å²) in [6.45, 7) is 2.57. The normalized spacial score (nSPS) is 18.0. The zero-order valence-corrected chi connectivity index (χ0v) is 15.2. The van der Waals surface area contributed by atoms with E-state index in [2.05, 4.69) is 21.4 Å². The number of amidine groups is 1. The van der Waals surface area contributed by atoms with Crippen molar-refractivity contribution in [2.24, 2.45) is 4.99 Å². The van der Waals surface area contributed by atoms with Crippen LogP contribution in [-0.2, 0) is 11.3 Å². The van der Waals surface area contributed by atoms with Gasteiger partial charge in [0, 0.05) is 16.5 Å². The van der Waals surface area contributed by atoms with Crippen LogP contribution >= 0.6 is 23.1 Å². The van der Waals surface area contributed by atoms with Crippen molar-refractivity contribution >= 4 is 50.6 Å². The summed E-state index contributed by atoms with van der Waals surface area (Å²) in [6.07, 6.45) is 1.78. The number of thiophene rings is 1. The van der Waals surface area contributed by atoms with Crippen molar-refractivity contribution in [2.75, 3.05) is 0 Å². The van der Waals surface area contributed by atoms with Crippen LogP contribution in [0.3, 0.4) is 0 Å². The van der Waals surface area contributed by atoms with Gasteiger partial charge in [0.05, 0.1) is 17.0 Å². The lowest BCUT2D eigenvalue weighted by Crippen LogP contribution is -2.20. The number of fused-ring (bicyclic) bond motifs is 1. The second kappa shape index (κ2) is 6.82. The number of aliphatic imine (C=N–C) groups is 1. The number of nitrogens with zero attached hydrogens (tertiary/aromatic N) is 2. The van der Waals surface area contributed by atoms with Gasteiger partial charge in [-0.15, -0.1) is 11.3 Å². The van der Waals surface area contributed by atoms with E-state index in [0.29, 0.717) is 16.6 Å². The molecule has 2 aromatic heterocycles. The van der Waals surface area contributed by atoms with E-state index in [9.17, 15) is 4.79 Å². The zero-order valence-electron chi connectivity index (χ0n) is 13.5. The predicted octanol–water partition coefficient (Wildman–Crippen LogP) is 4.45. The van der Waals surface area contributed by atoms with E-state index < -0.39 is 0 Å². The minimum atomic E-state index is -0.0845. The highest BCUT2D eigenvalue weighted by atomic mass is 32.2. The summed E-state index contributed by atoms with van der Waals surface area (Å²) in [4.78, 5) is 23.1. The van der Waals surface area contributed by atoms with Crippen molar-refractivity contribution in [2.45, 2.75) is 13.5 Å². The van der Waals surface area contributed by atoms with Crippen molar-refractivity contribution in [3.63, 3.8) is 0 Å². The summed E-state index contributed by atoms with van der Waals surface area (Å²) in [5, 5.41) is 6.62. The van der Waals surface area contributed by atoms with Gasteiger partial charge in [-0.25, -0.2) is 0 Å². The molecule has 0 saturated carbocycles. The Morgan fingerprint density at radius 3 is 3.00 bits per heavy atom. The molecule has 124 valence electrons. The van der Waals surface area contributed by atoms with Crippen molar-refractivity contribution in [1.29, 1.82) is 0 Å². The zero-order chi connectivity index (χ0) is 17.2. The van der Waals surface area contributed by atoms with Crippen LogP contribution in [0.2, 0.25) is 0 Å². The van der Waals surface area contributed by atoms with E-state index in [0.717, 1.165) is 22.0 Å². The number of amides is 1. The molecule has 1 N–H and O–H groups in total. The van der Waals surface area contributed by atoms with Crippen LogP contribution in [0.5, 0.6) is 0 Å². The highest BCUT2D eigenvalue weighted by molar-refractivity contribution is 8.18. The number of hydrogen-bond acceptors (Lipinski definition) is 5. The number of benzene rings is 1. The fourth-order valence-electron chi connectivity index (χ4n) is 2.63. The first kappa shape index (κ1) is 16.1. The Labute approximate surface area is 153 Å². The second-order valence-corrected chi connectivity index (χ2v) is 7.65. The molecule has 0 bridgehead atoms. The summed E-state index contributed by atoms with van der Waals surface area (Å²) < 4.78 is 0. The third kappa shape index (κ3) is 3.36. The number of pyridine rings is 1. The summed E-state index contributed by atoms with van der Waals surface area (Å²) in [5.74, 6) is -0.0845. The van der Waals surface area contributed by atoms with Crippen LogP contribution in [0.15, 0.2) is 63.9 Å².